The molecule has 1 N–H and O–H groups in total. The Labute approximate surface area is 112 Å². The van der Waals surface area contributed by atoms with E-state index in [1.54, 1.807) is 6.07 Å². The number of morpholine rings is 1. The second kappa shape index (κ2) is 6.07. The molecular formula is C13H17ClN2O2. The highest BCUT2D eigenvalue weighted by Gasteiger charge is 2.22. The van der Waals surface area contributed by atoms with Crippen molar-refractivity contribution >= 4 is 23.2 Å². The molecule has 0 bridgehead atoms. The van der Waals surface area contributed by atoms with Crippen LogP contribution in [-0.4, -0.2) is 43.2 Å². The number of hydrogen-bond donors (Lipinski definition) is 1. The molecule has 0 aliphatic carbocycles. The van der Waals surface area contributed by atoms with E-state index in [2.05, 4.69) is 5.32 Å². The lowest BCUT2D eigenvalue weighted by molar-refractivity contribution is -0.135. The first kappa shape index (κ1) is 13.2. The van der Waals surface area contributed by atoms with E-state index in [0.29, 0.717) is 31.3 Å². The number of halogens is 1. The monoisotopic (exact) mass is 268 g/mol. The standard InChI is InChI=1S/C13H17ClN2O2/c1-10(13(17)16-6-8-18-9-7-16)15-12-5-3-2-4-11(12)14/h2-5,10,15H,6-9H2,1H3. The smallest absolute Gasteiger partial charge is 0.244 e. The van der Waals surface area contributed by atoms with E-state index in [1.807, 2.05) is 30.0 Å². The molecule has 1 unspecified atom stereocenters. The maximum absolute atomic E-state index is 12.2. The fraction of sp³-hybridized carbons (Fsp3) is 0.462. The van der Waals surface area contributed by atoms with Gasteiger partial charge < -0.3 is 15.0 Å². The summed E-state index contributed by atoms with van der Waals surface area (Å²) in [5.74, 6) is 0.0817. The Morgan fingerprint density at radius 3 is 2.72 bits per heavy atom. The number of benzene rings is 1. The summed E-state index contributed by atoms with van der Waals surface area (Å²) >= 11 is 6.05. The molecule has 1 aliphatic heterocycles. The fourth-order valence-electron chi connectivity index (χ4n) is 1.93. The molecule has 98 valence electrons. The molecule has 1 heterocycles. The van der Waals surface area contributed by atoms with Gasteiger partial charge in [-0.15, -0.1) is 0 Å². The lowest BCUT2D eigenvalue weighted by Crippen LogP contribution is -2.47. The minimum Gasteiger partial charge on any atom is -0.378 e. The Morgan fingerprint density at radius 1 is 1.39 bits per heavy atom. The van der Waals surface area contributed by atoms with Crippen molar-refractivity contribution in [2.75, 3.05) is 31.6 Å². The zero-order chi connectivity index (χ0) is 13.0. The first-order chi connectivity index (χ1) is 8.68. The zero-order valence-electron chi connectivity index (χ0n) is 10.4. The third-order valence-electron chi connectivity index (χ3n) is 2.94. The van der Waals surface area contributed by atoms with Gasteiger partial charge in [-0.25, -0.2) is 0 Å². The second-order valence-electron chi connectivity index (χ2n) is 4.28. The van der Waals surface area contributed by atoms with Crippen LogP contribution >= 0.6 is 11.6 Å². The highest BCUT2D eigenvalue weighted by Crippen LogP contribution is 2.21. The summed E-state index contributed by atoms with van der Waals surface area (Å²) in [6.45, 7) is 4.40. The van der Waals surface area contributed by atoms with Gasteiger partial charge in [-0.1, -0.05) is 23.7 Å². The van der Waals surface area contributed by atoms with Crippen molar-refractivity contribution in [1.82, 2.24) is 4.90 Å². The largest absolute Gasteiger partial charge is 0.378 e. The van der Waals surface area contributed by atoms with Crippen LogP contribution in [0.5, 0.6) is 0 Å². The highest BCUT2D eigenvalue weighted by molar-refractivity contribution is 6.33. The number of nitrogens with one attached hydrogen (secondary N) is 1. The number of carbonyl (C=O) groups is 1. The molecular weight excluding hydrogens is 252 g/mol. The van der Waals surface area contributed by atoms with E-state index >= 15 is 0 Å². The van der Waals surface area contributed by atoms with Gasteiger partial charge in [-0.05, 0) is 19.1 Å². The minimum atomic E-state index is -0.289. The average Bonchev–Trinajstić information content (AvgIpc) is 2.41. The quantitative estimate of drug-likeness (QED) is 0.912. The molecule has 1 aromatic rings. The molecule has 0 radical (unpaired) electrons. The number of para-hydroxylation sites is 1. The number of rotatable bonds is 3. The van der Waals surface area contributed by atoms with Crippen LogP contribution in [0.1, 0.15) is 6.92 Å². The summed E-state index contributed by atoms with van der Waals surface area (Å²) < 4.78 is 5.23. The lowest BCUT2D eigenvalue weighted by atomic mass is 10.2. The van der Waals surface area contributed by atoms with Gasteiger partial charge >= 0.3 is 0 Å². The van der Waals surface area contributed by atoms with E-state index in [1.165, 1.54) is 0 Å². The maximum atomic E-state index is 12.2. The average molecular weight is 269 g/mol. The Morgan fingerprint density at radius 2 is 2.06 bits per heavy atom. The summed E-state index contributed by atoms with van der Waals surface area (Å²) in [4.78, 5) is 14.0. The molecule has 4 nitrogen and oxygen atoms in total. The molecule has 1 atom stereocenters. The van der Waals surface area contributed by atoms with Crippen LogP contribution in [0, 0.1) is 0 Å². The van der Waals surface area contributed by atoms with Crippen molar-refractivity contribution in [2.45, 2.75) is 13.0 Å². The van der Waals surface area contributed by atoms with Crippen LogP contribution in [0.4, 0.5) is 5.69 Å². The van der Waals surface area contributed by atoms with Crippen LogP contribution in [0.2, 0.25) is 5.02 Å². The highest BCUT2D eigenvalue weighted by atomic mass is 35.5. The van der Waals surface area contributed by atoms with Gasteiger partial charge in [0.2, 0.25) is 5.91 Å². The summed E-state index contributed by atoms with van der Waals surface area (Å²) in [5.41, 5.74) is 0.785. The molecule has 1 aliphatic rings. The molecule has 0 saturated carbocycles. The summed E-state index contributed by atoms with van der Waals surface area (Å²) in [6, 6.07) is 7.13. The van der Waals surface area contributed by atoms with Gasteiger partial charge in [0.1, 0.15) is 6.04 Å². The van der Waals surface area contributed by atoms with Crippen molar-refractivity contribution in [1.29, 1.82) is 0 Å². The minimum absolute atomic E-state index is 0.0817. The van der Waals surface area contributed by atoms with Gasteiger partial charge in [-0.3, -0.25) is 4.79 Å². The number of amides is 1. The Balaban J connectivity index is 1.96. The van der Waals surface area contributed by atoms with Crippen molar-refractivity contribution in [3.63, 3.8) is 0 Å². The van der Waals surface area contributed by atoms with E-state index in [4.69, 9.17) is 16.3 Å². The molecule has 1 fully saturated rings. The predicted octanol–water partition coefficient (Wildman–Crippen LogP) is 2.00. The van der Waals surface area contributed by atoms with Gasteiger partial charge in [-0.2, -0.15) is 0 Å². The summed E-state index contributed by atoms with van der Waals surface area (Å²) in [5, 5.41) is 3.77. The van der Waals surface area contributed by atoms with Gasteiger partial charge in [0.25, 0.3) is 0 Å². The number of carbonyl (C=O) groups excluding carboxylic acids is 1. The van der Waals surface area contributed by atoms with E-state index in [0.717, 1.165) is 5.69 Å². The topological polar surface area (TPSA) is 41.6 Å². The molecule has 1 amide bonds. The van der Waals surface area contributed by atoms with Crippen molar-refractivity contribution < 1.29 is 9.53 Å². The Hall–Kier alpha value is -1.26. The van der Waals surface area contributed by atoms with Crippen LogP contribution in [-0.2, 0) is 9.53 Å². The number of anilines is 1. The number of nitrogens with zero attached hydrogens (tertiary/aromatic N) is 1. The van der Waals surface area contributed by atoms with Crippen molar-refractivity contribution in [3.8, 4) is 0 Å². The maximum Gasteiger partial charge on any atom is 0.244 e. The molecule has 0 spiro atoms. The molecule has 2 rings (SSSR count). The molecule has 18 heavy (non-hydrogen) atoms. The van der Waals surface area contributed by atoms with Crippen LogP contribution in [0.3, 0.4) is 0 Å². The molecule has 0 aromatic heterocycles. The molecule has 1 saturated heterocycles. The number of ether oxygens (including phenoxy) is 1. The van der Waals surface area contributed by atoms with Crippen molar-refractivity contribution in [2.24, 2.45) is 0 Å². The molecule has 5 heteroatoms. The second-order valence-corrected chi connectivity index (χ2v) is 4.69. The van der Waals surface area contributed by atoms with Gasteiger partial charge in [0, 0.05) is 13.1 Å². The van der Waals surface area contributed by atoms with Crippen LogP contribution in [0.15, 0.2) is 24.3 Å². The lowest BCUT2D eigenvalue weighted by Gasteiger charge is -2.29. The van der Waals surface area contributed by atoms with Gasteiger partial charge in [0.05, 0.1) is 23.9 Å². The normalized spacial score (nSPS) is 17.3. The zero-order valence-corrected chi connectivity index (χ0v) is 11.1. The number of hydrogen-bond acceptors (Lipinski definition) is 3. The van der Waals surface area contributed by atoms with Crippen molar-refractivity contribution in [3.05, 3.63) is 29.3 Å². The van der Waals surface area contributed by atoms with Crippen LogP contribution in [0.25, 0.3) is 0 Å². The Kier molecular flexibility index (Phi) is 4.44. The van der Waals surface area contributed by atoms with E-state index in [9.17, 15) is 4.79 Å². The van der Waals surface area contributed by atoms with E-state index < -0.39 is 0 Å². The third-order valence-corrected chi connectivity index (χ3v) is 3.27. The third kappa shape index (κ3) is 3.15. The first-order valence-electron chi connectivity index (χ1n) is 6.06. The summed E-state index contributed by atoms with van der Waals surface area (Å²) in [6.07, 6.45) is 0. The van der Waals surface area contributed by atoms with Gasteiger partial charge in [0.15, 0.2) is 0 Å². The predicted molar refractivity (Wildman–Crippen MR) is 71.9 cm³/mol. The Bertz CT molecular complexity index is 419. The van der Waals surface area contributed by atoms with Crippen LogP contribution < -0.4 is 5.32 Å². The first-order valence-corrected chi connectivity index (χ1v) is 6.44. The summed E-state index contributed by atoms with van der Waals surface area (Å²) in [7, 11) is 0. The van der Waals surface area contributed by atoms with E-state index in [-0.39, 0.29) is 11.9 Å². The SMILES string of the molecule is CC(Nc1ccccc1Cl)C(=O)N1CCOCC1. The fourth-order valence-corrected chi connectivity index (χ4v) is 2.12. The molecule has 1 aromatic carbocycles.